The molecule has 46 heteroatoms. The number of nitrogens with zero attached hydrogens (tertiary/aromatic N) is 12. The second kappa shape index (κ2) is 42.6. The van der Waals surface area contributed by atoms with Crippen LogP contribution in [0.25, 0.3) is 110 Å². The van der Waals surface area contributed by atoms with Crippen LogP contribution in [0.2, 0.25) is 0 Å². The number of alkyl halides is 15. The fourth-order valence-corrected chi connectivity index (χ4v) is 14.4. The van der Waals surface area contributed by atoms with Gasteiger partial charge in [-0.05, 0) is 235 Å². The van der Waals surface area contributed by atoms with Crippen molar-refractivity contribution < 1.29 is 149 Å². The molecule has 740 valence electrons. The molecule has 1 aliphatic rings. The van der Waals surface area contributed by atoms with E-state index in [9.17, 15) is 65.9 Å². The van der Waals surface area contributed by atoms with E-state index in [1.807, 2.05) is 64.1 Å². The van der Waals surface area contributed by atoms with Crippen molar-refractivity contribution in [2.45, 2.75) is 112 Å². The van der Waals surface area contributed by atoms with Crippen molar-refractivity contribution in [2.24, 2.45) is 5.41 Å². The number of aromatic nitrogens is 12. The first-order chi connectivity index (χ1) is 68.3. The molecular weight excluding hydrogens is 1940 g/mol. The quantitative estimate of drug-likeness (QED) is 0.0432. The standard InChI is InChI=1S/C21H15F3N2O3.C20H16F3N3O4.C20H18F3NO4.C18H12F3N3O4.C18H12F3N3O3S/c1-13(18-4-2-3-11-25-18)27-20-17-12-15(7-10-19(17)29-26-20)14-5-8-16(9-6-14)28-21(22,23)24;1-11(2)18-25-24-17(28-18)10-27-19-15-9-13(5-8-16(15)30-26-19)12-3-6-14(7-4-12)29-20(21,22)23;1-2-19(10-25-11-19)12-26-18-16-9-14(5-8-17(16)28-24-18)13-3-6-15(7-4-13)27-20(21,22)23;1-10-22-23-16(26-10)9-25-17-14-8-12(4-7-15(14)28-24-17)11-2-5-13(6-3-11)27-18(19,20)21;1-10-22-23-16(28-10)9-25-17-14-8-12(4-7-15(14)27-24-17)11-2-5-13(6-3-11)26-18(19,20)21/h2-13H,1H3;3-9,11H,10H2,1-2H3;3-9H,2,10-12H2,1H3;2*2-8H,9H2,1H3. The van der Waals surface area contributed by atoms with Gasteiger partial charge in [0.1, 0.15) is 53.1 Å². The molecule has 0 spiro atoms. The number of aryl methyl sites for hydroxylation is 2. The highest BCUT2D eigenvalue weighted by Crippen LogP contribution is 2.42. The predicted molar refractivity (Wildman–Crippen MR) is 478 cm³/mol. The van der Waals surface area contributed by atoms with Gasteiger partial charge in [-0.3, -0.25) is 4.98 Å². The van der Waals surface area contributed by atoms with Crippen molar-refractivity contribution in [3.8, 4) is 114 Å². The van der Waals surface area contributed by atoms with Gasteiger partial charge < -0.3 is 83.6 Å². The van der Waals surface area contributed by atoms with Crippen LogP contribution in [0.1, 0.15) is 85.4 Å². The molecule has 9 aromatic heterocycles. The molecule has 10 aromatic carbocycles. The average Bonchev–Trinajstić information content (AvgIpc) is 1.68. The highest BCUT2D eigenvalue weighted by molar-refractivity contribution is 7.11. The van der Waals surface area contributed by atoms with Crippen LogP contribution in [0.3, 0.4) is 0 Å². The third-order valence-electron chi connectivity index (χ3n) is 20.9. The van der Waals surface area contributed by atoms with E-state index in [1.54, 1.807) is 122 Å². The Balaban J connectivity index is 0.000000128. The van der Waals surface area contributed by atoms with Crippen LogP contribution in [0, 0.1) is 19.3 Å². The van der Waals surface area contributed by atoms with Crippen LogP contribution in [-0.2, 0) is 24.6 Å². The van der Waals surface area contributed by atoms with Crippen LogP contribution in [0.4, 0.5) is 65.9 Å². The van der Waals surface area contributed by atoms with Crippen LogP contribution in [0.5, 0.6) is 58.1 Å². The third-order valence-corrected chi connectivity index (χ3v) is 21.7. The lowest BCUT2D eigenvalue weighted by molar-refractivity contribution is -0.275. The minimum Gasteiger partial charge on any atom is -0.474 e. The molecule has 0 radical (unpaired) electrons. The van der Waals surface area contributed by atoms with Gasteiger partial charge in [0.15, 0.2) is 46.1 Å². The number of fused-ring (bicyclic) bond motifs is 5. The van der Waals surface area contributed by atoms with Gasteiger partial charge in [-0.1, -0.05) is 129 Å². The summed E-state index contributed by atoms with van der Waals surface area (Å²) in [6.45, 7) is 13.4. The zero-order valence-electron chi connectivity index (χ0n) is 74.9. The van der Waals surface area contributed by atoms with Crippen LogP contribution in [-0.4, -0.2) is 113 Å². The van der Waals surface area contributed by atoms with Gasteiger partial charge in [0, 0.05) is 19.0 Å². The largest absolute Gasteiger partial charge is 0.573 e. The number of hydrogen-bond acceptors (Lipinski definition) is 31. The summed E-state index contributed by atoms with van der Waals surface area (Å²) in [7, 11) is 0. The summed E-state index contributed by atoms with van der Waals surface area (Å²) in [5.74, 6) is 1.75. The van der Waals surface area contributed by atoms with Crippen LogP contribution >= 0.6 is 11.3 Å². The number of halogens is 15. The minimum atomic E-state index is -4.73. The highest BCUT2D eigenvalue weighted by Gasteiger charge is 2.39. The lowest BCUT2D eigenvalue weighted by atomic mass is 9.84. The smallest absolute Gasteiger partial charge is 0.474 e. The first-order valence-corrected chi connectivity index (χ1v) is 43.5. The second-order valence-corrected chi connectivity index (χ2v) is 32.8. The van der Waals surface area contributed by atoms with E-state index in [2.05, 4.69) is 92.0 Å². The summed E-state index contributed by atoms with van der Waals surface area (Å²) in [5.41, 5.74) is 10.8. The topological polar surface area (TPSA) is 348 Å². The predicted octanol–water partition coefficient (Wildman–Crippen LogP) is 26.4. The number of benzene rings is 10. The molecule has 0 amide bonds. The van der Waals surface area contributed by atoms with Gasteiger partial charge in [-0.25, -0.2) is 0 Å². The molecule has 10 heterocycles. The first-order valence-electron chi connectivity index (χ1n) is 42.6. The van der Waals surface area contributed by atoms with Crippen molar-refractivity contribution in [1.29, 1.82) is 0 Å². The Hall–Kier alpha value is -16.6. The Labute approximate surface area is 799 Å². The zero-order chi connectivity index (χ0) is 101. The lowest BCUT2D eigenvalue weighted by Crippen LogP contribution is -2.46. The molecular formula is C97H73F15N12O18S. The Kier molecular flexibility index (Phi) is 29.7. The molecule has 0 aliphatic carbocycles. The summed E-state index contributed by atoms with van der Waals surface area (Å²) in [6, 6.07) is 60.1. The van der Waals surface area contributed by atoms with Crippen molar-refractivity contribution in [2.75, 3.05) is 19.8 Å². The lowest BCUT2D eigenvalue weighted by Gasteiger charge is -2.39. The number of ether oxygens (including phenoxy) is 11. The molecule has 1 aliphatic heterocycles. The third kappa shape index (κ3) is 26.7. The van der Waals surface area contributed by atoms with Gasteiger partial charge >= 0.3 is 31.8 Å². The Morgan fingerprint density at radius 2 is 0.671 bits per heavy atom. The first kappa shape index (κ1) is 99.5. The molecule has 0 saturated carbocycles. The van der Waals surface area contributed by atoms with E-state index < -0.39 is 31.8 Å². The van der Waals surface area contributed by atoms with Crippen molar-refractivity contribution in [3.05, 3.63) is 276 Å². The zero-order valence-corrected chi connectivity index (χ0v) is 75.7. The van der Waals surface area contributed by atoms with Crippen molar-refractivity contribution in [1.82, 2.24) is 61.4 Å². The molecule has 0 N–H and O–H groups in total. The Morgan fingerprint density at radius 1 is 0.350 bits per heavy atom. The van der Waals surface area contributed by atoms with E-state index >= 15 is 0 Å². The van der Waals surface area contributed by atoms with E-state index in [1.165, 1.54) is 96.3 Å². The molecule has 1 atom stereocenters. The fraction of sp³-hybridized carbons (Fsp3) is 0.216. The van der Waals surface area contributed by atoms with Gasteiger partial charge in [0.05, 0.1) is 51.3 Å². The normalized spacial score (nSPS) is 12.8. The minimum absolute atomic E-state index is 0.0111. The van der Waals surface area contributed by atoms with E-state index in [0.29, 0.717) is 143 Å². The SMILES string of the molecule is CC(C)c1nnc(COc2noc3ccc(-c4ccc(OC(F)(F)F)cc4)cc23)o1.CC(Oc1noc2ccc(-c3ccc(OC(F)(F)F)cc3)cc12)c1ccccn1.CCC1(COc2noc3ccc(-c4ccc(OC(F)(F)F)cc4)cc23)COC1.Cc1nnc(COc2noc3ccc(-c4ccc(OC(F)(F)F)cc4)cc23)o1.Cc1nnc(COc2noc3ccc(-c4ccc(OC(F)(F)F)cc4)cc23)s1. The molecule has 19 aromatic rings. The van der Waals surface area contributed by atoms with Crippen molar-refractivity contribution >= 4 is 66.2 Å². The van der Waals surface area contributed by atoms with Crippen molar-refractivity contribution in [3.63, 3.8) is 0 Å². The molecule has 143 heavy (non-hydrogen) atoms. The maximum Gasteiger partial charge on any atom is 0.573 e. The summed E-state index contributed by atoms with van der Waals surface area (Å²) in [6.07, 6.45) is -21.3. The van der Waals surface area contributed by atoms with Crippen LogP contribution in [0.15, 0.2) is 268 Å². The number of hydrogen-bond donors (Lipinski definition) is 0. The molecule has 20 rings (SSSR count). The Bertz CT molecular complexity index is 7290. The van der Waals surface area contributed by atoms with E-state index in [-0.39, 0.29) is 77.8 Å². The summed E-state index contributed by atoms with van der Waals surface area (Å²) in [4.78, 5) is 4.26. The number of pyridine rings is 1. The van der Waals surface area contributed by atoms with Gasteiger partial charge in [0.25, 0.3) is 41.2 Å². The van der Waals surface area contributed by atoms with Gasteiger partial charge in [-0.15, -0.1) is 96.4 Å². The van der Waals surface area contributed by atoms with Gasteiger partial charge in [-0.2, -0.15) is 0 Å². The van der Waals surface area contributed by atoms with Gasteiger partial charge in [0.2, 0.25) is 11.8 Å². The maximum absolute atomic E-state index is 12.3. The highest BCUT2D eigenvalue weighted by atomic mass is 32.1. The molecule has 1 fully saturated rings. The summed E-state index contributed by atoms with van der Waals surface area (Å²) < 4.78 is 275. The maximum atomic E-state index is 12.3. The summed E-state index contributed by atoms with van der Waals surface area (Å²) >= 11 is 1.42. The van der Waals surface area contributed by atoms with Crippen LogP contribution < -0.4 is 47.4 Å². The number of rotatable bonds is 27. The second-order valence-electron chi connectivity index (χ2n) is 31.5. The molecule has 1 unspecified atom stereocenters. The average molecular weight is 2010 g/mol. The van der Waals surface area contributed by atoms with E-state index in [4.69, 9.17) is 59.9 Å². The monoisotopic (exact) mass is 2010 g/mol. The molecule has 1 saturated heterocycles. The summed E-state index contributed by atoms with van der Waals surface area (Å²) in [5, 5.41) is 47.8. The molecule has 30 nitrogen and oxygen atoms in total. The Morgan fingerprint density at radius 3 is 0.958 bits per heavy atom. The van der Waals surface area contributed by atoms with E-state index in [0.717, 1.165) is 50.5 Å². The fourth-order valence-electron chi connectivity index (χ4n) is 13.8. The molecule has 0 bridgehead atoms.